The molecule has 3 aromatic rings. The number of rotatable bonds is 3. The largest absolute Gasteiger partial charge is 0.454 e. The second kappa shape index (κ2) is 6.15. The number of Topliss-reactive ketones (excluding diaryl/α,β-unsaturated/α-hetero) is 1. The predicted molar refractivity (Wildman–Crippen MR) is 97.0 cm³/mol. The van der Waals surface area contributed by atoms with E-state index in [9.17, 15) is 9.59 Å². The number of fused-ring (bicyclic) bond motifs is 2. The van der Waals surface area contributed by atoms with E-state index in [1.807, 2.05) is 31.2 Å². The second-order valence-electron chi connectivity index (χ2n) is 6.09. The third kappa shape index (κ3) is 2.75. The van der Waals surface area contributed by atoms with E-state index in [0.29, 0.717) is 28.3 Å². The molecular formula is C20H16N2O4. The summed E-state index contributed by atoms with van der Waals surface area (Å²) < 4.78 is 10.7. The average Bonchev–Trinajstić information content (AvgIpc) is 3.07. The van der Waals surface area contributed by atoms with Crippen LogP contribution in [0, 0.1) is 6.92 Å². The summed E-state index contributed by atoms with van der Waals surface area (Å²) in [6.45, 7) is 3.38. The van der Waals surface area contributed by atoms with Crippen LogP contribution in [-0.4, -0.2) is 23.5 Å². The number of para-hydroxylation sites is 1. The zero-order valence-electron chi connectivity index (χ0n) is 14.3. The predicted octanol–water partition coefficient (Wildman–Crippen LogP) is 3.73. The van der Waals surface area contributed by atoms with Crippen LogP contribution in [-0.2, 0) is 0 Å². The molecule has 0 saturated carbocycles. The lowest BCUT2D eigenvalue weighted by Crippen LogP contribution is -2.15. The van der Waals surface area contributed by atoms with Gasteiger partial charge in [0.2, 0.25) is 6.79 Å². The molecule has 0 unspecified atom stereocenters. The van der Waals surface area contributed by atoms with Crippen LogP contribution in [0.2, 0.25) is 0 Å². The Morgan fingerprint density at radius 2 is 1.77 bits per heavy atom. The number of nitrogens with zero attached hydrogens (tertiary/aromatic N) is 1. The lowest BCUT2D eigenvalue weighted by Gasteiger charge is -2.12. The number of carbonyl (C=O) groups excluding carboxylic acids is 2. The Labute approximate surface area is 149 Å². The molecule has 1 aliphatic rings. The molecule has 2 heterocycles. The molecule has 0 saturated heterocycles. The van der Waals surface area contributed by atoms with Crippen LogP contribution in [0.5, 0.6) is 11.5 Å². The molecule has 26 heavy (non-hydrogen) atoms. The van der Waals surface area contributed by atoms with Crippen molar-refractivity contribution in [2.45, 2.75) is 13.8 Å². The van der Waals surface area contributed by atoms with E-state index in [1.165, 1.54) is 6.92 Å². The van der Waals surface area contributed by atoms with Gasteiger partial charge < -0.3 is 14.8 Å². The zero-order chi connectivity index (χ0) is 18.3. The van der Waals surface area contributed by atoms with E-state index in [2.05, 4.69) is 10.3 Å². The van der Waals surface area contributed by atoms with Gasteiger partial charge in [-0.2, -0.15) is 0 Å². The number of ether oxygens (including phenoxy) is 2. The minimum absolute atomic E-state index is 0.0955. The highest BCUT2D eigenvalue weighted by atomic mass is 16.7. The van der Waals surface area contributed by atoms with Crippen LogP contribution in [0.1, 0.15) is 33.3 Å². The van der Waals surface area contributed by atoms with Gasteiger partial charge in [-0.3, -0.25) is 14.6 Å². The maximum atomic E-state index is 12.9. The van der Waals surface area contributed by atoms with E-state index < -0.39 is 0 Å². The van der Waals surface area contributed by atoms with Gasteiger partial charge >= 0.3 is 0 Å². The van der Waals surface area contributed by atoms with Gasteiger partial charge in [-0.1, -0.05) is 18.2 Å². The molecule has 130 valence electrons. The molecule has 0 radical (unpaired) electrons. The number of hydrogen-bond donors (Lipinski definition) is 1. The topological polar surface area (TPSA) is 77.5 Å². The molecule has 1 amide bonds. The first-order valence-electron chi connectivity index (χ1n) is 8.15. The summed E-state index contributed by atoms with van der Waals surface area (Å²) in [4.78, 5) is 29.4. The number of anilines is 1. The molecule has 4 rings (SSSR count). The van der Waals surface area contributed by atoms with Crippen LogP contribution in [0.4, 0.5) is 5.69 Å². The number of ketones is 1. The summed E-state index contributed by atoms with van der Waals surface area (Å²) in [6, 6.07) is 12.4. The number of benzene rings is 2. The Morgan fingerprint density at radius 3 is 2.54 bits per heavy atom. The van der Waals surface area contributed by atoms with E-state index in [1.54, 1.807) is 18.2 Å². The molecule has 6 nitrogen and oxygen atoms in total. The number of aryl methyl sites for hydroxylation is 1. The van der Waals surface area contributed by atoms with Gasteiger partial charge in [0.25, 0.3) is 5.91 Å². The van der Waals surface area contributed by atoms with E-state index >= 15 is 0 Å². The molecule has 0 fully saturated rings. The SMILES string of the molecule is CC(=O)c1cc2c(cc1NC(=O)c1cc(C)nc3ccccc13)OCO2. The van der Waals surface area contributed by atoms with Crippen LogP contribution >= 0.6 is 0 Å². The molecule has 0 bridgehead atoms. The lowest BCUT2D eigenvalue weighted by atomic mass is 10.1. The number of hydrogen-bond acceptors (Lipinski definition) is 5. The summed E-state index contributed by atoms with van der Waals surface area (Å²) in [5.74, 6) is 0.516. The number of amides is 1. The summed E-state index contributed by atoms with van der Waals surface area (Å²) in [5, 5.41) is 3.58. The third-order valence-corrected chi connectivity index (χ3v) is 4.23. The van der Waals surface area contributed by atoms with Crippen molar-refractivity contribution < 1.29 is 19.1 Å². The number of aromatic nitrogens is 1. The van der Waals surface area contributed by atoms with E-state index in [0.717, 1.165) is 16.6 Å². The Bertz CT molecular complexity index is 1060. The molecule has 0 aliphatic carbocycles. The molecule has 0 spiro atoms. The van der Waals surface area contributed by atoms with Crippen LogP contribution < -0.4 is 14.8 Å². The van der Waals surface area contributed by atoms with Crippen LogP contribution in [0.3, 0.4) is 0 Å². The Kier molecular flexibility index (Phi) is 3.80. The van der Waals surface area contributed by atoms with Crippen molar-refractivity contribution in [1.29, 1.82) is 0 Å². The fourth-order valence-electron chi connectivity index (χ4n) is 3.02. The highest BCUT2D eigenvalue weighted by molar-refractivity contribution is 6.14. The maximum absolute atomic E-state index is 12.9. The minimum atomic E-state index is -0.312. The second-order valence-corrected chi connectivity index (χ2v) is 6.09. The van der Waals surface area contributed by atoms with Gasteiger partial charge in [-0.25, -0.2) is 0 Å². The van der Waals surface area contributed by atoms with E-state index in [4.69, 9.17) is 9.47 Å². The fraction of sp³-hybridized carbons (Fsp3) is 0.150. The molecule has 1 aromatic heterocycles. The maximum Gasteiger partial charge on any atom is 0.256 e. The lowest BCUT2D eigenvalue weighted by molar-refractivity contribution is 0.101. The normalized spacial score (nSPS) is 12.2. The van der Waals surface area contributed by atoms with Crippen molar-refractivity contribution >= 4 is 28.3 Å². The van der Waals surface area contributed by atoms with Crippen molar-refractivity contribution in [2.75, 3.05) is 12.1 Å². The Morgan fingerprint density at radius 1 is 1.04 bits per heavy atom. The quantitative estimate of drug-likeness (QED) is 0.730. The van der Waals surface area contributed by atoms with Gasteiger partial charge in [0.15, 0.2) is 17.3 Å². The molecule has 2 aromatic carbocycles. The summed E-state index contributed by atoms with van der Waals surface area (Å²) >= 11 is 0. The smallest absolute Gasteiger partial charge is 0.256 e. The van der Waals surface area contributed by atoms with E-state index in [-0.39, 0.29) is 18.5 Å². The highest BCUT2D eigenvalue weighted by Gasteiger charge is 2.21. The van der Waals surface area contributed by atoms with Crippen molar-refractivity contribution in [2.24, 2.45) is 0 Å². The van der Waals surface area contributed by atoms with Crippen molar-refractivity contribution in [3.63, 3.8) is 0 Å². The highest BCUT2D eigenvalue weighted by Crippen LogP contribution is 2.37. The van der Waals surface area contributed by atoms with Gasteiger partial charge in [0.05, 0.1) is 16.8 Å². The number of carbonyl (C=O) groups is 2. The molecule has 1 aliphatic heterocycles. The standard InChI is InChI=1S/C20H16N2O4/c1-11-7-15(13-5-3-4-6-16(13)21-11)20(24)22-17-9-19-18(25-10-26-19)8-14(17)12(2)23/h3-9H,10H2,1-2H3,(H,22,24). The molecular weight excluding hydrogens is 332 g/mol. The molecule has 0 atom stereocenters. The monoisotopic (exact) mass is 348 g/mol. The minimum Gasteiger partial charge on any atom is -0.454 e. The van der Waals surface area contributed by atoms with Crippen LogP contribution in [0.15, 0.2) is 42.5 Å². The summed E-state index contributed by atoms with van der Waals surface area (Å²) in [7, 11) is 0. The summed E-state index contributed by atoms with van der Waals surface area (Å²) in [6.07, 6.45) is 0. The molecule has 6 heteroatoms. The van der Waals surface area contributed by atoms with Crippen molar-refractivity contribution in [3.8, 4) is 11.5 Å². The first kappa shape index (κ1) is 16.1. The Balaban J connectivity index is 1.77. The Hall–Kier alpha value is -3.41. The fourth-order valence-corrected chi connectivity index (χ4v) is 3.02. The van der Waals surface area contributed by atoms with Gasteiger partial charge in [0.1, 0.15) is 0 Å². The van der Waals surface area contributed by atoms with Crippen molar-refractivity contribution in [3.05, 3.63) is 59.3 Å². The number of pyridine rings is 1. The van der Waals surface area contributed by atoms with Gasteiger partial charge in [-0.05, 0) is 32.0 Å². The first-order chi connectivity index (χ1) is 12.5. The number of nitrogens with one attached hydrogen (secondary N) is 1. The average molecular weight is 348 g/mol. The van der Waals surface area contributed by atoms with Gasteiger partial charge in [0, 0.05) is 22.7 Å². The molecule has 1 N–H and O–H groups in total. The summed E-state index contributed by atoms with van der Waals surface area (Å²) in [5.41, 5.74) is 2.75. The third-order valence-electron chi connectivity index (χ3n) is 4.23. The first-order valence-corrected chi connectivity index (χ1v) is 8.15. The van der Waals surface area contributed by atoms with Gasteiger partial charge in [-0.15, -0.1) is 0 Å². The van der Waals surface area contributed by atoms with Crippen LogP contribution in [0.25, 0.3) is 10.9 Å². The van der Waals surface area contributed by atoms with Crippen molar-refractivity contribution in [1.82, 2.24) is 4.98 Å². The zero-order valence-corrected chi connectivity index (χ0v) is 14.3.